The van der Waals surface area contributed by atoms with Gasteiger partial charge in [-0.2, -0.15) is 0 Å². The Balaban J connectivity index is 1.18. The van der Waals surface area contributed by atoms with Crippen LogP contribution in [0.3, 0.4) is 0 Å². The van der Waals surface area contributed by atoms with E-state index in [4.69, 9.17) is 29.1 Å². The minimum Gasteiger partial charge on any atom is -0.508 e. The molecule has 3 aromatic carbocycles. The summed E-state index contributed by atoms with van der Waals surface area (Å²) in [6.07, 6.45) is -6.41. The van der Waals surface area contributed by atoms with Crippen molar-refractivity contribution in [2.24, 2.45) is 15.0 Å². The summed E-state index contributed by atoms with van der Waals surface area (Å²) in [5.74, 6) is -3.67. The average molecular weight is 831 g/mol. The third-order valence-electron chi connectivity index (χ3n) is 10.2. The van der Waals surface area contributed by atoms with Crippen molar-refractivity contribution in [3.8, 4) is 34.5 Å². The van der Waals surface area contributed by atoms with Gasteiger partial charge in [0.05, 0.1) is 18.9 Å². The van der Waals surface area contributed by atoms with Crippen LogP contribution in [0.5, 0.6) is 34.5 Å². The number of aryl methyl sites for hydroxylation is 1. The number of nitrogens with one attached hydrogen (secondary N) is 1. The number of hydrogen-bond donors (Lipinski definition) is 10. The Bertz CT molecular complexity index is 2310. The summed E-state index contributed by atoms with van der Waals surface area (Å²) >= 11 is 0. The fourth-order valence-corrected chi connectivity index (χ4v) is 7.13. The molecule has 19 nitrogen and oxygen atoms in total. The van der Waals surface area contributed by atoms with E-state index in [1.807, 2.05) is 6.92 Å². The zero-order valence-electron chi connectivity index (χ0n) is 31.8. The molecule has 0 spiro atoms. The second-order valence-corrected chi connectivity index (χ2v) is 14.4. The first kappa shape index (κ1) is 41.8. The number of carboxylic acid groups (broad SMARTS) is 1. The molecular formula is C41H42N4O15. The van der Waals surface area contributed by atoms with Gasteiger partial charge in [0.25, 0.3) is 0 Å². The number of aliphatic imine (C=N–C) groups is 3. The molecule has 60 heavy (non-hydrogen) atoms. The van der Waals surface area contributed by atoms with Gasteiger partial charge in [-0.15, -0.1) is 0 Å². The number of nitrogens with zero attached hydrogens (tertiary/aromatic N) is 3. The van der Waals surface area contributed by atoms with Gasteiger partial charge in [-0.3, -0.25) is 10.4 Å². The van der Waals surface area contributed by atoms with Crippen molar-refractivity contribution in [3.05, 3.63) is 89.0 Å². The molecule has 0 aliphatic carbocycles. The molecule has 4 aliphatic heterocycles. The van der Waals surface area contributed by atoms with Gasteiger partial charge < -0.3 is 69.6 Å². The predicted octanol–water partition coefficient (Wildman–Crippen LogP) is 1.87. The first-order valence-corrected chi connectivity index (χ1v) is 18.7. The highest BCUT2D eigenvalue weighted by molar-refractivity contribution is 6.15. The van der Waals surface area contributed by atoms with Crippen LogP contribution in [-0.2, 0) is 22.6 Å². The van der Waals surface area contributed by atoms with E-state index in [1.54, 1.807) is 24.3 Å². The third-order valence-corrected chi connectivity index (χ3v) is 10.2. The fourth-order valence-electron chi connectivity index (χ4n) is 7.13. The van der Waals surface area contributed by atoms with Gasteiger partial charge in [0.1, 0.15) is 77.4 Å². The highest BCUT2D eigenvalue weighted by atomic mass is 16.7. The van der Waals surface area contributed by atoms with Gasteiger partial charge in [0, 0.05) is 24.3 Å². The number of aliphatic hydroxyl groups excluding tert-OH is 5. The number of ether oxygens (including phenoxy) is 5. The van der Waals surface area contributed by atoms with E-state index in [-0.39, 0.29) is 53.2 Å². The van der Waals surface area contributed by atoms with Crippen molar-refractivity contribution >= 4 is 35.3 Å². The number of carbonyl (C=O) groups is 1. The topological polar surface area (TPSA) is 306 Å². The van der Waals surface area contributed by atoms with Gasteiger partial charge in [-0.05, 0) is 59.5 Å². The van der Waals surface area contributed by atoms with Crippen LogP contribution in [0.15, 0.2) is 81.7 Å². The summed E-state index contributed by atoms with van der Waals surface area (Å²) in [6, 6.07) is 12.1. The standard InChI is InChI=1S/C41H42N4O15/c1-2-19-9-20(11-23(47)10-19)17-56-36-29(59-40-35(51)37(52)41(55,38(60-40)39(53)54)14-22-15-43-18-44-22)13-28-32(34(36)50)26(48)12-27(58-28)21-3-5-24(6-4-21)57-30(16-46)33(49)25-7-8-31(42)45-25/h3-13,18,27,30,33,35,37-38,40,42,46-52,55H,2,14-17H2,1H3,(H,53,54). The number of phenolic OH excluding ortho intramolecular Hbond substituents is 2. The van der Waals surface area contributed by atoms with E-state index in [2.05, 4.69) is 15.0 Å². The zero-order chi connectivity index (χ0) is 42.9. The Labute approximate surface area is 341 Å². The Kier molecular flexibility index (Phi) is 11.9. The minimum atomic E-state index is -2.57. The van der Waals surface area contributed by atoms with E-state index in [9.17, 15) is 50.8 Å². The van der Waals surface area contributed by atoms with Crippen LogP contribution in [0.4, 0.5) is 0 Å². The van der Waals surface area contributed by atoms with Gasteiger partial charge >= 0.3 is 5.97 Å². The molecule has 3 aromatic rings. The van der Waals surface area contributed by atoms with Gasteiger partial charge in [0.15, 0.2) is 23.7 Å². The van der Waals surface area contributed by atoms with Crippen molar-refractivity contribution in [3.63, 3.8) is 0 Å². The second-order valence-electron chi connectivity index (χ2n) is 14.4. The molecule has 8 unspecified atom stereocenters. The maximum atomic E-state index is 12.4. The Morgan fingerprint density at radius 1 is 1.07 bits per heavy atom. The summed E-state index contributed by atoms with van der Waals surface area (Å²) in [5, 5.41) is 105. The Hall–Kier alpha value is -6.35. The number of amidine groups is 1. The van der Waals surface area contributed by atoms with Gasteiger partial charge in [-0.25, -0.2) is 14.8 Å². The number of phenols is 2. The van der Waals surface area contributed by atoms with E-state index >= 15 is 0 Å². The molecule has 0 bridgehead atoms. The summed E-state index contributed by atoms with van der Waals surface area (Å²) in [6.45, 7) is 1.07. The number of rotatable bonds is 15. The molecule has 1 saturated heterocycles. The molecule has 1 fully saturated rings. The highest BCUT2D eigenvalue weighted by Gasteiger charge is 2.59. The molecular weight excluding hydrogens is 788 g/mol. The highest BCUT2D eigenvalue weighted by Crippen LogP contribution is 2.51. The molecule has 0 amide bonds. The van der Waals surface area contributed by atoms with Crippen LogP contribution in [0, 0.1) is 5.41 Å². The van der Waals surface area contributed by atoms with Crippen LogP contribution >= 0.6 is 0 Å². The molecule has 19 heteroatoms. The fraction of sp³-hybridized carbons (Fsp3) is 0.341. The molecule has 316 valence electrons. The van der Waals surface area contributed by atoms with Crippen LogP contribution in [-0.4, -0.2) is 131 Å². The molecule has 8 atom stereocenters. The number of aliphatic hydroxyl groups is 6. The molecule has 0 aromatic heterocycles. The molecule has 7 rings (SSSR count). The molecule has 4 heterocycles. The molecule has 0 saturated carbocycles. The average Bonchev–Trinajstić information content (AvgIpc) is 3.91. The normalized spacial score (nSPS) is 25.4. The van der Waals surface area contributed by atoms with E-state index < -0.39 is 90.5 Å². The molecule has 0 radical (unpaired) electrons. The van der Waals surface area contributed by atoms with Gasteiger partial charge in [0.2, 0.25) is 12.0 Å². The van der Waals surface area contributed by atoms with E-state index in [0.29, 0.717) is 17.5 Å². The zero-order valence-corrected chi connectivity index (χ0v) is 31.8. The van der Waals surface area contributed by atoms with Crippen LogP contribution in [0.2, 0.25) is 0 Å². The largest absolute Gasteiger partial charge is 0.508 e. The Morgan fingerprint density at radius 3 is 2.47 bits per heavy atom. The van der Waals surface area contributed by atoms with Crippen molar-refractivity contribution in [2.75, 3.05) is 13.2 Å². The SMILES string of the molecule is CCc1cc(O)cc(COc2c(OC3OC(C(=O)O)C(O)(CC4=NC=NC4)C(O)C3O)cc3c(c2O)C(O)=CC(c2ccc(OC(CO)C(O)C4=NC(=N)C=C4)cc2)O3)c1. The van der Waals surface area contributed by atoms with Crippen LogP contribution < -0.4 is 18.9 Å². The number of fused-ring (bicyclic) bond motifs is 1. The number of aromatic hydroxyl groups is 2. The first-order valence-electron chi connectivity index (χ1n) is 18.7. The second kappa shape index (κ2) is 17.1. The summed E-state index contributed by atoms with van der Waals surface area (Å²) in [4.78, 5) is 24.2. The maximum Gasteiger partial charge on any atom is 0.336 e. The van der Waals surface area contributed by atoms with Crippen LogP contribution in [0.25, 0.3) is 5.76 Å². The Morgan fingerprint density at radius 2 is 1.82 bits per heavy atom. The third kappa shape index (κ3) is 8.39. The lowest BCUT2D eigenvalue weighted by Crippen LogP contribution is -2.69. The minimum absolute atomic E-state index is 0.0298. The van der Waals surface area contributed by atoms with Crippen LogP contribution in [0.1, 0.15) is 41.7 Å². The molecule has 4 aliphatic rings. The predicted molar refractivity (Wildman–Crippen MR) is 211 cm³/mol. The lowest BCUT2D eigenvalue weighted by molar-refractivity contribution is -0.303. The number of carboxylic acids is 1. The smallest absolute Gasteiger partial charge is 0.336 e. The summed E-state index contributed by atoms with van der Waals surface area (Å²) in [7, 11) is 0. The summed E-state index contributed by atoms with van der Waals surface area (Å²) in [5.41, 5.74) is -0.689. The lowest BCUT2D eigenvalue weighted by Gasteiger charge is -2.46. The number of benzene rings is 3. The van der Waals surface area contributed by atoms with Gasteiger partial charge in [-0.1, -0.05) is 25.1 Å². The number of hydrogen-bond acceptors (Lipinski definition) is 17. The van der Waals surface area contributed by atoms with Crippen molar-refractivity contribution in [2.45, 2.75) is 74.9 Å². The van der Waals surface area contributed by atoms with E-state index in [0.717, 1.165) is 5.56 Å². The quantitative estimate of drug-likeness (QED) is 0.105. The monoisotopic (exact) mass is 830 g/mol. The number of aliphatic carboxylic acids is 1. The van der Waals surface area contributed by atoms with Crippen molar-refractivity contribution < 1.29 is 74.4 Å². The van der Waals surface area contributed by atoms with Crippen molar-refractivity contribution in [1.82, 2.24) is 0 Å². The van der Waals surface area contributed by atoms with Crippen molar-refractivity contribution in [1.29, 1.82) is 5.41 Å². The lowest BCUT2D eigenvalue weighted by atomic mass is 9.80. The molecule has 10 N–H and O–H groups in total. The van der Waals surface area contributed by atoms with E-state index in [1.165, 1.54) is 48.8 Å². The summed E-state index contributed by atoms with van der Waals surface area (Å²) < 4.78 is 29.5. The maximum absolute atomic E-state index is 12.4. The first-order chi connectivity index (χ1) is 28.7.